The molecule has 7 nitrogen and oxygen atoms in total. The van der Waals surface area contributed by atoms with Gasteiger partial charge < -0.3 is 15.2 Å². The molecule has 0 aliphatic heterocycles. The summed E-state index contributed by atoms with van der Waals surface area (Å²) in [5.74, 6) is 0.241. The monoisotopic (exact) mass is 290 g/mol. The van der Waals surface area contributed by atoms with E-state index < -0.39 is 5.97 Å². The van der Waals surface area contributed by atoms with Crippen LogP contribution >= 0.6 is 0 Å². The molecule has 0 spiro atoms. The van der Waals surface area contributed by atoms with Crippen LogP contribution in [0.5, 0.6) is 5.75 Å². The third-order valence-electron chi connectivity index (χ3n) is 3.23. The van der Waals surface area contributed by atoms with Crippen molar-refractivity contribution in [1.82, 2.24) is 14.8 Å². The van der Waals surface area contributed by atoms with Gasteiger partial charge in [0, 0.05) is 23.5 Å². The van der Waals surface area contributed by atoms with Crippen LogP contribution in [0.2, 0.25) is 0 Å². The smallest absolute Gasteiger partial charge is 0.360 e. The van der Waals surface area contributed by atoms with E-state index in [2.05, 4.69) is 14.8 Å². The maximum Gasteiger partial charge on any atom is 0.360 e. The van der Waals surface area contributed by atoms with Crippen molar-refractivity contribution in [2.24, 2.45) is 0 Å². The minimum absolute atomic E-state index is 0.106. The van der Waals surface area contributed by atoms with Crippen molar-refractivity contribution in [3.05, 3.63) is 34.9 Å². The number of esters is 1. The van der Waals surface area contributed by atoms with Crippen LogP contribution in [0.15, 0.2) is 12.4 Å². The van der Waals surface area contributed by atoms with Gasteiger partial charge >= 0.3 is 5.97 Å². The van der Waals surface area contributed by atoms with Crippen LogP contribution < -0.4 is 10.5 Å². The van der Waals surface area contributed by atoms with Crippen molar-refractivity contribution < 1.29 is 14.3 Å². The average molecular weight is 290 g/mol. The number of methoxy groups -OCH3 is 2. The number of aromatic nitrogens is 3. The Hall–Kier alpha value is -2.57. The van der Waals surface area contributed by atoms with Gasteiger partial charge in [-0.1, -0.05) is 0 Å². The maximum absolute atomic E-state index is 11.5. The van der Waals surface area contributed by atoms with E-state index in [1.165, 1.54) is 7.11 Å². The van der Waals surface area contributed by atoms with E-state index >= 15 is 0 Å². The topological polar surface area (TPSA) is 92.3 Å². The molecule has 0 bridgehead atoms. The minimum Gasteiger partial charge on any atom is -0.496 e. The SMILES string of the molecule is COC(=O)c1nn(Cc2ncc(C)c(OC)c2C)cc1N. The fourth-order valence-electron chi connectivity index (χ4n) is 2.16. The molecule has 0 aliphatic carbocycles. The van der Waals surface area contributed by atoms with Crippen molar-refractivity contribution in [1.29, 1.82) is 0 Å². The molecule has 2 aromatic rings. The van der Waals surface area contributed by atoms with E-state index in [1.54, 1.807) is 24.2 Å². The van der Waals surface area contributed by atoms with Gasteiger partial charge in [0.1, 0.15) is 5.75 Å². The molecule has 0 atom stereocenters. The summed E-state index contributed by atoms with van der Waals surface area (Å²) >= 11 is 0. The van der Waals surface area contributed by atoms with Crippen LogP contribution in [-0.2, 0) is 11.3 Å². The zero-order valence-corrected chi connectivity index (χ0v) is 12.5. The summed E-state index contributed by atoms with van der Waals surface area (Å²) in [5, 5.41) is 4.13. The number of hydrogen-bond donors (Lipinski definition) is 1. The first-order valence-electron chi connectivity index (χ1n) is 6.38. The molecule has 0 saturated carbocycles. The number of aryl methyl sites for hydroxylation is 1. The second-order valence-electron chi connectivity index (χ2n) is 4.67. The van der Waals surface area contributed by atoms with Crippen LogP contribution in [-0.4, -0.2) is 35.0 Å². The number of nitrogens with zero attached hydrogens (tertiary/aromatic N) is 3. The van der Waals surface area contributed by atoms with Gasteiger partial charge in [0.05, 0.1) is 32.1 Å². The molecule has 21 heavy (non-hydrogen) atoms. The zero-order valence-electron chi connectivity index (χ0n) is 12.5. The fourth-order valence-corrected chi connectivity index (χ4v) is 2.16. The van der Waals surface area contributed by atoms with Gasteiger partial charge in [-0.05, 0) is 13.8 Å². The third-order valence-corrected chi connectivity index (χ3v) is 3.23. The number of ether oxygens (including phenoxy) is 2. The number of carbonyl (C=O) groups is 1. The molecule has 0 aromatic carbocycles. The molecular formula is C14H18N4O3. The van der Waals surface area contributed by atoms with Crippen molar-refractivity contribution in [2.45, 2.75) is 20.4 Å². The van der Waals surface area contributed by atoms with Gasteiger partial charge in [-0.25, -0.2) is 4.79 Å². The number of nitrogens with two attached hydrogens (primary N) is 1. The normalized spacial score (nSPS) is 10.5. The summed E-state index contributed by atoms with van der Waals surface area (Å²) < 4.78 is 11.6. The summed E-state index contributed by atoms with van der Waals surface area (Å²) in [6, 6.07) is 0. The summed E-state index contributed by atoms with van der Waals surface area (Å²) in [6.07, 6.45) is 3.33. The highest BCUT2D eigenvalue weighted by molar-refractivity contribution is 5.92. The first kappa shape index (κ1) is 14.8. The number of rotatable bonds is 4. The van der Waals surface area contributed by atoms with Crippen molar-refractivity contribution in [3.63, 3.8) is 0 Å². The predicted molar refractivity (Wildman–Crippen MR) is 77.3 cm³/mol. The quantitative estimate of drug-likeness (QED) is 0.854. The van der Waals surface area contributed by atoms with Crippen molar-refractivity contribution in [3.8, 4) is 5.75 Å². The molecule has 2 rings (SSSR count). The van der Waals surface area contributed by atoms with E-state index in [0.717, 1.165) is 22.6 Å². The molecule has 2 N–H and O–H groups in total. The van der Waals surface area contributed by atoms with Gasteiger partial charge in [0.25, 0.3) is 0 Å². The minimum atomic E-state index is -0.558. The largest absolute Gasteiger partial charge is 0.496 e. The lowest BCUT2D eigenvalue weighted by atomic mass is 10.1. The van der Waals surface area contributed by atoms with Crippen LogP contribution in [0.25, 0.3) is 0 Å². The molecule has 0 saturated heterocycles. The Morgan fingerprint density at radius 1 is 1.38 bits per heavy atom. The molecular weight excluding hydrogens is 272 g/mol. The first-order chi connectivity index (χ1) is 9.97. The fraction of sp³-hybridized carbons (Fsp3) is 0.357. The molecule has 0 aliphatic rings. The van der Waals surface area contributed by atoms with Gasteiger partial charge in [-0.15, -0.1) is 0 Å². The molecule has 112 valence electrons. The average Bonchev–Trinajstić information content (AvgIpc) is 2.82. The van der Waals surface area contributed by atoms with E-state index in [0.29, 0.717) is 6.54 Å². The van der Waals surface area contributed by atoms with Crippen LogP contribution in [0, 0.1) is 13.8 Å². The number of anilines is 1. The summed E-state index contributed by atoms with van der Waals surface area (Å²) in [5.41, 5.74) is 8.85. The van der Waals surface area contributed by atoms with Gasteiger partial charge in [-0.2, -0.15) is 5.10 Å². The molecule has 0 radical (unpaired) electrons. The molecule has 0 amide bonds. The van der Waals surface area contributed by atoms with E-state index in [1.807, 2.05) is 13.8 Å². The summed E-state index contributed by atoms with van der Waals surface area (Å²) in [6.45, 7) is 4.26. The number of hydrogen-bond acceptors (Lipinski definition) is 6. The van der Waals surface area contributed by atoms with Crippen molar-refractivity contribution >= 4 is 11.7 Å². The lowest BCUT2D eigenvalue weighted by Gasteiger charge is -2.12. The highest BCUT2D eigenvalue weighted by Crippen LogP contribution is 2.24. The van der Waals surface area contributed by atoms with E-state index in [9.17, 15) is 4.79 Å². The Balaban J connectivity index is 2.33. The van der Waals surface area contributed by atoms with Crippen molar-refractivity contribution in [2.75, 3.05) is 20.0 Å². The lowest BCUT2D eigenvalue weighted by molar-refractivity contribution is 0.0594. The second-order valence-corrected chi connectivity index (χ2v) is 4.67. The molecule has 0 unspecified atom stereocenters. The molecule has 7 heteroatoms. The first-order valence-corrected chi connectivity index (χ1v) is 6.38. The molecule has 0 fully saturated rings. The standard InChI is InChI=1S/C14H18N4O3/c1-8-5-16-11(9(2)13(8)20-3)7-18-6-10(15)12(17-18)14(19)21-4/h5-6H,7,15H2,1-4H3. The van der Waals surface area contributed by atoms with E-state index in [-0.39, 0.29) is 11.4 Å². The lowest BCUT2D eigenvalue weighted by Crippen LogP contribution is -2.09. The Morgan fingerprint density at radius 3 is 2.71 bits per heavy atom. The third kappa shape index (κ3) is 2.81. The summed E-state index contributed by atoms with van der Waals surface area (Å²) in [4.78, 5) is 15.9. The predicted octanol–water partition coefficient (Wildman–Crippen LogP) is 1.32. The molecule has 2 aromatic heterocycles. The van der Waals surface area contributed by atoms with Crippen LogP contribution in [0.3, 0.4) is 0 Å². The zero-order chi connectivity index (χ0) is 15.6. The maximum atomic E-state index is 11.5. The number of carbonyl (C=O) groups excluding carboxylic acids is 1. The number of nitrogen functional groups attached to an aromatic ring is 1. The highest BCUT2D eigenvalue weighted by Gasteiger charge is 2.16. The Labute approximate surface area is 122 Å². The van der Waals surface area contributed by atoms with Crippen LogP contribution in [0.1, 0.15) is 27.3 Å². The Bertz CT molecular complexity index is 679. The van der Waals surface area contributed by atoms with Gasteiger partial charge in [-0.3, -0.25) is 9.67 Å². The van der Waals surface area contributed by atoms with Crippen LogP contribution in [0.4, 0.5) is 5.69 Å². The Kier molecular flexibility index (Phi) is 4.11. The highest BCUT2D eigenvalue weighted by atomic mass is 16.5. The summed E-state index contributed by atoms with van der Waals surface area (Å²) in [7, 11) is 2.91. The van der Waals surface area contributed by atoms with E-state index in [4.69, 9.17) is 10.5 Å². The second kappa shape index (κ2) is 5.82. The number of pyridine rings is 1. The molecule has 2 heterocycles. The van der Waals surface area contributed by atoms with Gasteiger partial charge in [0.2, 0.25) is 0 Å². The Morgan fingerprint density at radius 2 is 2.10 bits per heavy atom. The van der Waals surface area contributed by atoms with Gasteiger partial charge in [0.15, 0.2) is 5.69 Å².